The number of nitrogens with zero attached hydrogens (tertiary/aromatic N) is 1. The van der Waals surface area contributed by atoms with Crippen LogP contribution in [-0.4, -0.2) is 38.8 Å². The van der Waals surface area contributed by atoms with E-state index in [1.165, 1.54) is 0 Å². The molecule has 0 spiro atoms. The van der Waals surface area contributed by atoms with Gasteiger partial charge < -0.3 is 14.2 Å². The Morgan fingerprint density at radius 2 is 1.30 bits per heavy atom. The minimum Gasteiger partial charge on any atom is -0.497 e. The lowest BCUT2D eigenvalue weighted by atomic mass is 10.2. The summed E-state index contributed by atoms with van der Waals surface area (Å²) in [6, 6.07) is 22.4. The Labute approximate surface area is 229 Å². The average molecular weight is 589 g/mol. The molecule has 37 heavy (non-hydrogen) atoms. The first-order valence-corrected chi connectivity index (χ1v) is 14.4. The van der Waals surface area contributed by atoms with Crippen LogP contribution in [0.4, 0.5) is 0 Å². The molecule has 198 valence electrons. The van der Waals surface area contributed by atoms with Crippen LogP contribution in [0.3, 0.4) is 0 Å². The number of hydrogen-bond donors (Lipinski definition) is 0. The predicted molar refractivity (Wildman–Crippen MR) is 152 cm³/mol. The highest BCUT2D eigenvalue weighted by Gasteiger charge is 2.32. The summed E-state index contributed by atoms with van der Waals surface area (Å²) in [6.45, 7) is 4.58. The van der Waals surface area contributed by atoms with Crippen LogP contribution in [0.1, 0.15) is 30.4 Å². The second kappa shape index (κ2) is 14.2. The maximum absolute atomic E-state index is 14.1. The average Bonchev–Trinajstić information content (AvgIpc) is 2.92. The van der Waals surface area contributed by atoms with Gasteiger partial charge in [-0.2, -0.15) is 4.31 Å². The fourth-order valence-electron chi connectivity index (χ4n) is 3.90. The number of hydrogen-bond acceptors (Lipinski definition) is 5. The molecule has 0 heterocycles. The maximum atomic E-state index is 14.1. The molecule has 0 fully saturated rings. The first-order chi connectivity index (χ1) is 17.8. The molecule has 0 bridgehead atoms. The predicted octanol–water partition coefficient (Wildman–Crippen LogP) is 6.60. The summed E-state index contributed by atoms with van der Waals surface area (Å²) in [5.41, 5.74) is 1.76. The van der Waals surface area contributed by atoms with E-state index < -0.39 is 15.3 Å². The monoisotopic (exact) mass is 587 g/mol. The second-order valence-corrected chi connectivity index (χ2v) is 11.7. The number of allylic oxidation sites excluding steroid dienone is 1. The molecule has 0 aliphatic carbocycles. The zero-order chi connectivity index (χ0) is 26.7. The van der Waals surface area contributed by atoms with Crippen molar-refractivity contribution in [2.75, 3.05) is 20.8 Å². The van der Waals surface area contributed by atoms with Gasteiger partial charge in [0.25, 0.3) is 0 Å². The maximum Gasteiger partial charge on any atom is 0.217 e. The molecule has 6 nitrogen and oxygen atoms in total. The van der Waals surface area contributed by atoms with E-state index in [9.17, 15) is 8.42 Å². The van der Waals surface area contributed by atoms with Gasteiger partial charge in [-0.05, 0) is 78.9 Å². The highest BCUT2D eigenvalue weighted by atomic mass is 79.9. The first kappa shape index (κ1) is 28.8. The van der Waals surface area contributed by atoms with Gasteiger partial charge in [-0.15, -0.1) is 6.58 Å². The lowest BCUT2D eigenvalue weighted by Crippen LogP contribution is -2.39. The van der Waals surface area contributed by atoms with Gasteiger partial charge in [0, 0.05) is 17.6 Å². The summed E-state index contributed by atoms with van der Waals surface area (Å²) in [7, 11) is -0.474. The third-order valence-electron chi connectivity index (χ3n) is 6.03. The van der Waals surface area contributed by atoms with Crippen molar-refractivity contribution in [3.63, 3.8) is 0 Å². The SMILES string of the molecule is C=CCC[C@@H](CCOc1ccc(Br)cc1)S(=O)(=O)N(Cc1ccc(OC)cc1)Cc1ccc(OC)cc1. The summed E-state index contributed by atoms with van der Waals surface area (Å²) < 4.78 is 47.0. The molecule has 0 radical (unpaired) electrons. The minimum atomic E-state index is -3.69. The van der Waals surface area contributed by atoms with Crippen molar-refractivity contribution in [3.05, 3.63) is 101 Å². The van der Waals surface area contributed by atoms with E-state index >= 15 is 0 Å². The number of ether oxygens (including phenoxy) is 3. The van der Waals surface area contributed by atoms with Crippen LogP contribution < -0.4 is 14.2 Å². The number of methoxy groups -OCH3 is 2. The zero-order valence-electron chi connectivity index (χ0n) is 21.3. The fraction of sp³-hybridized carbons (Fsp3) is 0.310. The number of halogens is 1. The van der Waals surface area contributed by atoms with Crippen molar-refractivity contribution in [1.29, 1.82) is 0 Å². The Morgan fingerprint density at radius 3 is 1.76 bits per heavy atom. The molecule has 3 aromatic rings. The lowest BCUT2D eigenvalue weighted by molar-refractivity contribution is 0.300. The van der Waals surface area contributed by atoms with E-state index in [1.807, 2.05) is 72.8 Å². The Hall–Kier alpha value is -2.81. The van der Waals surface area contributed by atoms with Gasteiger partial charge in [-0.3, -0.25) is 0 Å². The van der Waals surface area contributed by atoms with Crippen molar-refractivity contribution in [2.24, 2.45) is 0 Å². The molecule has 0 N–H and O–H groups in total. The van der Waals surface area contributed by atoms with Gasteiger partial charge in [0.15, 0.2) is 0 Å². The van der Waals surface area contributed by atoms with E-state index in [1.54, 1.807) is 24.6 Å². The van der Waals surface area contributed by atoms with Crippen molar-refractivity contribution in [2.45, 2.75) is 37.6 Å². The first-order valence-electron chi connectivity index (χ1n) is 12.1. The summed E-state index contributed by atoms with van der Waals surface area (Å²) in [5, 5.41) is -0.613. The molecule has 0 saturated heterocycles. The highest BCUT2D eigenvalue weighted by Crippen LogP contribution is 2.25. The van der Waals surface area contributed by atoms with E-state index in [0.29, 0.717) is 31.6 Å². The normalized spacial score (nSPS) is 12.2. The van der Waals surface area contributed by atoms with E-state index in [2.05, 4.69) is 22.5 Å². The minimum absolute atomic E-state index is 0.247. The molecule has 1 atom stereocenters. The second-order valence-electron chi connectivity index (χ2n) is 8.59. The molecular formula is C29H34BrNO5S. The third-order valence-corrected chi connectivity index (χ3v) is 8.85. The van der Waals surface area contributed by atoms with E-state index in [-0.39, 0.29) is 13.1 Å². The topological polar surface area (TPSA) is 65.1 Å². The highest BCUT2D eigenvalue weighted by molar-refractivity contribution is 9.10. The van der Waals surface area contributed by atoms with Crippen LogP contribution in [-0.2, 0) is 23.1 Å². The largest absolute Gasteiger partial charge is 0.497 e. The third kappa shape index (κ3) is 8.62. The molecule has 3 aromatic carbocycles. The van der Waals surface area contributed by atoms with Crippen LogP contribution in [0, 0.1) is 0 Å². The molecule has 8 heteroatoms. The summed E-state index contributed by atoms with van der Waals surface area (Å²) in [6.07, 6.45) is 3.20. The number of sulfonamides is 1. The smallest absolute Gasteiger partial charge is 0.217 e. The number of benzene rings is 3. The lowest BCUT2D eigenvalue weighted by Gasteiger charge is -2.28. The molecule has 0 aromatic heterocycles. The number of rotatable bonds is 15. The van der Waals surface area contributed by atoms with Crippen LogP contribution >= 0.6 is 15.9 Å². The molecule has 0 unspecified atom stereocenters. The van der Waals surface area contributed by atoms with E-state index in [4.69, 9.17) is 14.2 Å². The molecule has 0 amide bonds. The Bertz CT molecular complexity index is 1160. The Kier molecular flexibility index (Phi) is 11.0. The summed E-state index contributed by atoms with van der Waals surface area (Å²) in [4.78, 5) is 0. The molecule has 3 rings (SSSR count). The Morgan fingerprint density at radius 1 is 0.811 bits per heavy atom. The molecule has 0 saturated carbocycles. The summed E-state index contributed by atoms with van der Waals surface area (Å²) in [5.74, 6) is 2.15. The van der Waals surface area contributed by atoms with Gasteiger partial charge in [0.05, 0.1) is 26.1 Å². The Balaban J connectivity index is 1.83. The molecule has 0 aliphatic rings. The summed E-state index contributed by atoms with van der Waals surface area (Å²) >= 11 is 3.41. The fourth-order valence-corrected chi connectivity index (χ4v) is 6.07. The van der Waals surface area contributed by atoms with Gasteiger partial charge >= 0.3 is 0 Å². The van der Waals surface area contributed by atoms with Gasteiger partial charge in [-0.1, -0.05) is 46.3 Å². The van der Waals surface area contributed by atoms with Crippen LogP contribution in [0.2, 0.25) is 0 Å². The van der Waals surface area contributed by atoms with Crippen molar-refractivity contribution >= 4 is 26.0 Å². The standard InChI is InChI=1S/C29H34BrNO5S/c1-4-5-6-29(19-20-36-28-17-11-25(30)12-18-28)37(32,33)31(21-23-7-13-26(34-2)14-8-23)22-24-9-15-27(35-3)16-10-24/h4,7-18,29H,1,5-6,19-22H2,2-3H3/t29-/m0/s1. The van der Waals surface area contributed by atoms with Crippen LogP contribution in [0.5, 0.6) is 17.2 Å². The zero-order valence-corrected chi connectivity index (χ0v) is 23.7. The van der Waals surface area contributed by atoms with Gasteiger partial charge in [0.2, 0.25) is 10.0 Å². The van der Waals surface area contributed by atoms with Gasteiger partial charge in [0.1, 0.15) is 17.2 Å². The van der Waals surface area contributed by atoms with Crippen molar-refractivity contribution < 1.29 is 22.6 Å². The van der Waals surface area contributed by atoms with Crippen molar-refractivity contribution in [1.82, 2.24) is 4.31 Å². The van der Waals surface area contributed by atoms with E-state index in [0.717, 1.165) is 27.1 Å². The quantitative estimate of drug-likeness (QED) is 0.187. The van der Waals surface area contributed by atoms with Gasteiger partial charge in [-0.25, -0.2) is 8.42 Å². The van der Waals surface area contributed by atoms with Crippen molar-refractivity contribution in [3.8, 4) is 17.2 Å². The van der Waals surface area contributed by atoms with Crippen LogP contribution in [0.15, 0.2) is 89.9 Å². The van der Waals surface area contributed by atoms with Crippen LogP contribution in [0.25, 0.3) is 0 Å². The molecular weight excluding hydrogens is 554 g/mol. The molecule has 0 aliphatic heterocycles.